The summed E-state index contributed by atoms with van der Waals surface area (Å²) in [6.45, 7) is 9.46. The fourth-order valence-corrected chi connectivity index (χ4v) is 3.36. The normalized spacial score (nSPS) is 25.4. The maximum atomic E-state index is 6.47. The molecule has 2 rings (SSSR count). The third-order valence-electron chi connectivity index (χ3n) is 4.07. The first-order chi connectivity index (χ1) is 8.43. The van der Waals surface area contributed by atoms with Gasteiger partial charge in [0.1, 0.15) is 0 Å². The van der Waals surface area contributed by atoms with Crippen molar-refractivity contribution in [2.75, 3.05) is 6.61 Å². The van der Waals surface area contributed by atoms with Crippen LogP contribution >= 0.6 is 15.9 Å². The highest BCUT2D eigenvalue weighted by atomic mass is 79.9. The molecule has 18 heavy (non-hydrogen) atoms. The summed E-state index contributed by atoms with van der Waals surface area (Å²) in [5, 5.41) is 0. The number of hydrogen-bond donors (Lipinski definition) is 1. The van der Waals surface area contributed by atoms with Crippen LogP contribution in [0.15, 0.2) is 10.5 Å². The molecule has 1 fully saturated rings. The van der Waals surface area contributed by atoms with Crippen molar-refractivity contribution in [1.29, 1.82) is 0 Å². The average molecular weight is 312 g/mol. The third-order valence-corrected chi connectivity index (χ3v) is 5.29. The number of aryl methyl sites for hydroxylation is 2. The van der Waals surface area contributed by atoms with Gasteiger partial charge in [-0.15, -0.1) is 0 Å². The van der Waals surface area contributed by atoms with Gasteiger partial charge in [-0.2, -0.15) is 0 Å². The molecule has 1 heterocycles. The van der Waals surface area contributed by atoms with Crippen LogP contribution in [0, 0.1) is 26.7 Å². The standard InChI is InChI=1S/C15H22BrNO/c1-8-5-6-18-15(8)14(17)12-9(2)7-10(3)13(16)11(12)4/h7-8,14-15H,5-6,17H2,1-4H3. The lowest BCUT2D eigenvalue weighted by Gasteiger charge is -2.26. The van der Waals surface area contributed by atoms with Crippen molar-refractivity contribution in [3.63, 3.8) is 0 Å². The summed E-state index contributed by atoms with van der Waals surface area (Å²) in [4.78, 5) is 0. The Balaban J connectivity index is 2.41. The summed E-state index contributed by atoms with van der Waals surface area (Å²) in [5.74, 6) is 0.541. The Morgan fingerprint density at radius 1 is 1.33 bits per heavy atom. The van der Waals surface area contributed by atoms with Gasteiger partial charge >= 0.3 is 0 Å². The molecule has 0 aromatic heterocycles. The fraction of sp³-hybridized carbons (Fsp3) is 0.600. The van der Waals surface area contributed by atoms with E-state index < -0.39 is 0 Å². The smallest absolute Gasteiger partial charge is 0.0794 e. The zero-order chi connectivity index (χ0) is 13.4. The highest BCUT2D eigenvalue weighted by molar-refractivity contribution is 9.10. The second-order valence-corrected chi connectivity index (χ2v) is 6.28. The van der Waals surface area contributed by atoms with Crippen LogP contribution in [0.1, 0.15) is 41.6 Å². The number of hydrogen-bond acceptors (Lipinski definition) is 2. The minimum Gasteiger partial charge on any atom is -0.376 e. The molecule has 1 aliphatic heterocycles. The van der Waals surface area contributed by atoms with E-state index in [2.05, 4.69) is 49.7 Å². The first-order valence-corrected chi connectivity index (χ1v) is 7.36. The van der Waals surface area contributed by atoms with Crippen LogP contribution in [0.25, 0.3) is 0 Å². The van der Waals surface area contributed by atoms with Gasteiger partial charge in [0.25, 0.3) is 0 Å². The molecule has 0 spiro atoms. The van der Waals surface area contributed by atoms with Crippen LogP contribution in [-0.2, 0) is 4.74 Å². The van der Waals surface area contributed by atoms with Gasteiger partial charge < -0.3 is 10.5 Å². The third kappa shape index (κ3) is 2.36. The zero-order valence-corrected chi connectivity index (χ0v) is 13.2. The van der Waals surface area contributed by atoms with Gasteiger partial charge in [-0.1, -0.05) is 28.9 Å². The largest absolute Gasteiger partial charge is 0.376 e. The van der Waals surface area contributed by atoms with Crippen LogP contribution in [0.5, 0.6) is 0 Å². The summed E-state index contributed by atoms with van der Waals surface area (Å²) >= 11 is 3.66. The van der Waals surface area contributed by atoms with Crippen molar-refractivity contribution < 1.29 is 4.74 Å². The monoisotopic (exact) mass is 311 g/mol. The van der Waals surface area contributed by atoms with Crippen LogP contribution in [-0.4, -0.2) is 12.7 Å². The predicted octanol–water partition coefficient (Wildman–Crippen LogP) is 3.80. The molecule has 3 unspecified atom stereocenters. The van der Waals surface area contributed by atoms with Crippen LogP contribution in [0.2, 0.25) is 0 Å². The van der Waals surface area contributed by atoms with Crippen LogP contribution < -0.4 is 5.73 Å². The molecule has 1 aromatic rings. The minimum atomic E-state index is -0.0283. The molecule has 100 valence electrons. The van der Waals surface area contributed by atoms with Gasteiger partial charge in [-0.3, -0.25) is 0 Å². The SMILES string of the molecule is Cc1cc(C)c(C(N)C2OCCC2C)c(C)c1Br. The molecule has 1 saturated heterocycles. The molecule has 1 aromatic carbocycles. The van der Waals surface area contributed by atoms with E-state index in [4.69, 9.17) is 10.5 Å². The zero-order valence-electron chi connectivity index (χ0n) is 11.6. The number of nitrogens with two attached hydrogens (primary N) is 1. The second kappa shape index (κ2) is 5.32. The molecule has 2 N–H and O–H groups in total. The first kappa shape index (κ1) is 14.0. The second-order valence-electron chi connectivity index (χ2n) is 5.49. The van der Waals surface area contributed by atoms with Gasteiger partial charge in [-0.25, -0.2) is 0 Å². The minimum absolute atomic E-state index is 0.0283. The van der Waals surface area contributed by atoms with E-state index >= 15 is 0 Å². The van der Waals surface area contributed by atoms with E-state index in [1.165, 1.54) is 26.7 Å². The van der Waals surface area contributed by atoms with Crippen molar-refractivity contribution in [1.82, 2.24) is 0 Å². The molecule has 1 aliphatic rings. The van der Waals surface area contributed by atoms with E-state index in [-0.39, 0.29) is 12.1 Å². The molecule has 2 nitrogen and oxygen atoms in total. The Kier molecular flexibility index (Phi) is 4.15. The predicted molar refractivity (Wildman–Crippen MR) is 78.8 cm³/mol. The topological polar surface area (TPSA) is 35.2 Å². The maximum absolute atomic E-state index is 6.47. The van der Waals surface area contributed by atoms with Gasteiger partial charge in [0.15, 0.2) is 0 Å². The highest BCUT2D eigenvalue weighted by Crippen LogP contribution is 2.36. The summed E-state index contributed by atoms with van der Waals surface area (Å²) in [7, 11) is 0. The molecular formula is C15H22BrNO. The van der Waals surface area contributed by atoms with Crippen LogP contribution in [0.3, 0.4) is 0 Å². The fourth-order valence-electron chi connectivity index (χ4n) is 3.03. The van der Waals surface area contributed by atoms with E-state index in [9.17, 15) is 0 Å². The summed E-state index contributed by atoms with van der Waals surface area (Å²) in [6, 6.07) is 2.17. The Morgan fingerprint density at radius 3 is 2.56 bits per heavy atom. The molecule has 3 atom stereocenters. The first-order valence-electron chi connectivity index (χ1n) is 6.56. The lowest BCUT2D eigenvalue weighted by atomic mass is 9.87. The molecule has 3 heteroatoms. The van der Waals surface area contributed by atoms with Crippen molar-refractivity contribution in [2.45, 2.75) is 46.3 Å². The Bertz CT molecular complexity index is 458. The Morgan fingerprint density at radius 2 is 2.00 bits per heavy atom. The van der Waals surface area contributed by atoms with E-state index in [0.717, 1.165) is 13.0 Å². The quantitative estimate of drug-likeness (QED) is 0.901. The summed E-state index contributed by atoms with van der Waals surface area (Å²) in [5.41, 5.74) is 11.5. The lowest BCUT2D eigenvalue weighted by Crippen LogP contribution is -2.31. The van der Waals surface area contributed by atoms with E-state index in [1.807, 2.05) is 0 Å². The van der Waals surface area contributed by atoms with Crippen molar-refractivity contribution in [3.05, 3.63) is 32.8 Å². The Labute approximate surface area is 118 Å². The molecular weight excluding hydrogens is 290 g/mol. The van der Waals surface area contributed by atoms with Crippen molar-refractivity contribution in [2.24, 2.45) is 11.7 Å². The van der Waals surface area contributed by atoms with Gasteiger partial charge in [-0.05, 0) is 55.4 Å². The van der Waals surface area contributed by atoms with Crippen molar-refractivity contribution >= 4 is 15.9 Å². The Hall–Kier alpha value is -0.380. The van der Waals surface area contributed by atoms with Gasteiger partial charge in [0.2, 0.25) is 0 Å². The molecule has 0 saturated carbocycles. The molecule has 0 radical (unpaired) electrons. The summed E-state index contributed by atoms with van der Waals surface area (Å²) < 4.78 is 6.99. The van der Waals surface area contributed by atoms with Crippen molar-refractivity contribution in [3.8, 4) is 0 Å². The van der Waals surface area contributed by atoms with Gasteiger partial charge in [0.05, 0.1) is 12.1 Å². The lowest BCUT2D eigenvalue weighted by molar-refractivity contribution is 0.0721. The molecule has 0 bridgehead atoms. The maximum Gasteiger partial charge on any atom is 0.0794 e. The number of halogens is 1. The van der Waals surface area contributed by atoms with E-state index in [0.29, 0.717) is 5.92 Å². The summed E-state index contributed by atoms with van der Waals surface area (Å²) in [6.07, 6.45) is 1.26. The number of benzene rings is 1. The van der Waals surface area contributed by atoms with Crippen LogP contribution in [0.4, 0.5) is 0 Å². The van der Waals surface area contributed by atoms with E-state index in [1.54, 1.807) is 0 Å². The molecule has 0 amide bonds. The average Bonchev–Trinajstić information content (AvgIpc) is 2.72. The number of rotatable bonds is 2. The number of ether oxygens (including phenoxy) is 1. The highest BCUT2D eigenvalue weighted by Gasteiger charge is 2.32. The molecule has 0 aliphatic carbocycles. The van der Waals surface area contributed by atoms with Gasteiger partial charge in [0, 0.05) is 11.1 Å².